The molecule has 0 aromatic heterocycles. The van der Waals surface area contributed by atoms with Crippen LogP contribution in [-0.4, -0.2) is 27.2 Å². The molecule has 0 fully saturated rings. The molecule has 0 bridgehead atoms. The van der Waals surface area contributed by atoms with Crippen LogP contribution < -0.4 is 19.5 Å². The molecule has 0 atom stereocenters. The molecule has 0 saturated carbocycles. The Morgan fingerprint density at radius 3 is 2.21 bits per heavy atom. The van der Waals surface area contributed by atoms with Gasteiger partial charge in [-0.25, -0.2) is 0 Å². The molecular weight excluding hydrogens is 482 g/mol. The van der Waals surface area contributed by atoms with Gasteiger partial charge in [-0.2, -0.15) is 0 Å². The summed E-state index contributed by atoms with van der Waals surface area (Å²) in [7, 11) is 4.80. The maximum Gasteiger partial charge on any atom is 0.260 e. The summed E-state index contributed by atoms with van der Waals surface area (Å²) in [5, 5.41) is 4.84. The second-order valence-corrected chi connectivity index (χ2v) is 8.33. The van der Waals surface area contributed by atoms with E-state index >= 15 is 0 Å². The number of rotatable bonds is 6. The van der Waals surface area contributed by atoms with Gasteiger partial charge in [-0.1, -0.05) is 48.5 Å². The lowest BCUT2D eigenvalue weighted by molar-refractivity contribution is 0.102. The van der Waals surface area contributed by atoms with E-state index in [4.69, 9.17) is 14.2 Å². The van der Waals surface area contributed by atoms with Crippen LogP contribution in [0.5, 0.6) is 17.2 Å². The van der Waals surface area contributed by atoms with Crippen LogP contribution in [-0.2, 0) is 0 Å². The summed E-state index contributed by atoms with van der Waals surface area (Å²) in [5.41, 5.74) is 3.87. The molecule has 0 aliphatic heterocycles. The second kappa shape index (κ2) is 9.55. The molecule has 4 aromatic carbocycles. The van der Waals surface area contributed by atoms with E-state index in [2.05, 4.69) is 21.2 Å². The van der Waals surface area contributed by atoms with Crippen molar-refractivity contribution in [3.63, 3.8) is 0 Å². The lowest BCUT2D eigenvalue weighted by Crippen LogP contribution is -2.15. The van der Waals surface area contributed by atoms with Crippen LogP contribution in [0.1, 0.15) is 15.9 Å². The molecule has 6 heteroatoms. The normalized spacial score (nSPS) is 10.7. The number of benzene rings is 4. The maximum absolute atomic E-state index is 13.4. The van der Waals surface area contributed by atoms with Crippen LogP contribution in [0.15, 0.2) is 71.2 Å². The van der Waals surface area contributed by atoms with Crippen molar-refractivity contribution in [1.82, 2.24) is 0 Å². The van der Waals surface area contributed by atoms with Gasteiger partial charge < -0.3 is 19.5 Å². The minimum Gasteiger partial charge on any atom is -0.496 e. The van der Waals surface area contributed by atoms with Crippen LogP contribution in [0.2, 0.25) is 0 Å². The fraction of sp³-hybridized carbons (Fsp3) is 0.148. The third-order valence-corrected chi connectivity index (χ3v) is 6.23. The molecule has 4 rings (SSSR count). The van der Waals surface area contributed by atoms with Crippen LogP contribution in [0.4, 0.5) is 5.69 Å². The third-order valence-electron chi connectivity index (χ3n) is 5.57. The highest BCUT2D eigenvalue weighted by atomic mass is 79.9. The van der Waals surface area contributed by atoms with E-state index in [0.717, 1.165) is 27.5 Å². The molecule has 0 heterocycles. The number of anilines is 1. The highest BCUT2D eigenvalue weighted by Gasteiger charge is 2.22. The Hall–Kier alpha value is -3.51. The molecule has 0 saturated heterocycles. The van der Waals surface area contributed by atoms with E-state index in [0.29, 0.717) is 33.0 Å². The fourth-order valence-corrected chi connectivity index (χ4v) is 4.55. The molecule has 0 aliphatic carbocycles. The number of hydrogen-bond acceptors (Lipinski definition) is 4. The van der Waals surface area contributed by atoms with E-state index in [9.17, 15) is 4.79 Å². The van der Waals surface area contributed by atoms with Gasteiger partial charge in [0.05, 0.1) is 26.9 Å². The first-order valence-electron chi connectivity index (χ1n) is 10.4. The quantitative estimate of drug-likeness (QED) is 0.311. The summed E-state index contributed by atoms with van der Waals surface area (Å²) in [6.07, 6.45) is 0. The van der Waals surface area contributed by atoms with Crippen molar-refractivity contribution in [1.29, 1.82) is 0 Å². The SMILES string of the molecule is COc1cc2c(NC(=O)c3c(Br)ccc(C)c3OC)cccc2c(-c2ccccc2)c1OC. The minimum atomic E-state index is -0.272. The van der Waals surface area contributed by atoms with Crippen LogP contribution in [0.25, 0.3) is 21.9 Å². The molecule has 168 valence electrons. The number of aryl methyl sites for hydroxylation is 1. The van der Waals surface area contributed by atoms with Gasteiger partial charge in [-0.3, -0.25) is 4.79 Å². The zero-order valence-electron chi connectivity index (χ0n) is 18.9. The lowest BCUT2D eigenvalue weighted by atomic mass is 9.95. The van der Waals surface area contributed by atoms with E-state index in [1.54, 1.807) is 21.3 Å². The Kier molecular flexibility index (Phi) is 6.56. The van der Waals surface area contributed by atoms with Crippen molar-refractivity contribution in [2.24, 2.45) is 0 Å². The third kappa shape index (κ3) is 4.14. The van der Waals surface area contributed by atoms with Gasteiger partial charge in [0.25, 0.3) is 5.91 Å². The molecule has 4 aromatic rings. The number of amides is 1. The van der Waals surface area contributed by atoms with E-state index in [1.807, 2.05) is 73.7 Å². The zero-order chi connectivity index (χ0) is 23.5. The van der Waals surface area contributed by atoms with Gasteiger partial charge in [-0.05, 0) is 57.6 Å². The molecule has 33 heavy (non-hydrogen) atoms. The van der Waals surface area contributed by atoms with E-state index in [-0.39, 0.29) is 5.91 Å². The molecule has 0 aliphatic rings. The van der Waals surface area contributed by atoms with Crippen molar-refractivity contribution in [2.75, 3.05) is 26.6 Å². The van der Waals surface area contributed by atoms with Crippen LogP contribution >= 0.6 is 15.9 Å². The summed E-state index contributed by atoms with van der Waals surface area (Å²) >= 11 is 3.49. The maximum atomic E-state index is 13.4. The average molecular weight is 506 g/mol. The van der Waals surface area contributed by atoms with Gasteiger partial charge in [0.1, 0.15) is 5.75 Å². The molecular formula is C27H24BrNO4. The highest BCUT2D eigenvalue weighted by Crippen LogP contribution is 2.45. The number of fused-ring (bicyclic) bond motifs is 1. The average Bonchev–Trinajstić information content (AvgIpc) is 2.84. The first-order valence-corrected chi connectivity index (χ1v) is 11.2. The highest BCUT2D eigenvalue weighted by molar-refractivity contribution is 9.10. The Balaban J connectivity index is 1.91. The Morgan fingerprint density at radius 1 is 0.818 bits per heavy atom. The fourth-order valence-electron chi connectivity index (χ4n) is 4.06. The predicted octanol–water partition coefficient (Wildman–Crippen LogP) is 6.86. The summed E-state index contributed by atoms with van der Waals surface area (Å²) in [6, 6.07) is 21.4. The molecule has 1 N–H and O–H groups in total. The van der Waals surface area contributed by atoms with Gasteiger partial charge in [0.2, 0.25) is 0 Å². The van der Waals surface area contributed by atoms with Gasteiger partial charge in [0, 0.05) is 21.1 Å². The Bertz CT molecular complexity index is 1340. The summed E-state index contributed by atoms with van der Waals surface area (Å²) in [5.74, 6) is 1.49. The number of carbonyl (C=O) groups excluding carboxylic acids is 1. The Labute approximate surface area is 201 Å². The van der Waals surface area contributed by atoms with Crippen molar-refractivity contribution < 1.29 is 19.0 Å². The van der Waals surface area contributed by atoms with Crippen molar-refractivity contribution >= 4 is 38.3 Å². The van der Waals surface area contributed by atoms with E-state index < -0.39 is 0 Å². The number of ether oxygens (including phenoxy) is 3. The number of nitrogens with one attached hydrogen (secondary N) is 1. The molecule has 0 spiro atoms. The molecule has 0 radical (unpaired) electrons. The predicted molar refractivity (Wildman–Crippen MR) is 136 cm³/mol. The zero-order valence-corrected chi connectivity index (χ0v) is 20.4. The van der Waals surface area contributed by atoms with Gasteiger partial charge in [-0.15, -0.1) is 0 Å². The standard InChI is InChI=1S/C27H24BrNO4/c1-16-13-14-20(28)24(25(16)32-3)27(30)29-21-12-8-11-18-19(21)15-22(31-2)26(33-4)23(18)17-9-6-5-7-10-17/h5-15H,1-4H3,(H,29,30). The number of methoxy groups -OCH3 is 3. The minimum absolute atomic E-state index is 0.272. The van der Waals surface area contributed by atoms with Crippen molar-refractivity contribution in [2.45, 2.75) is 6.92 Å². The van der Waals surface area contributed by atoms with Crippen molar-refractivity contribution in [3.8, 4) is 28.4 Å². The van der Waals surface area contributed by atoms with Gasteiger partial charge in [0.15, 0.2) is 11.5 Å². The topological polar surface area (TPSA) is 56.8 Å². The molecule has 0 unspecified atom stereocenters. The van der Waals surface area contributed by atoms with Crippen molar-refractivity contribution in [3.05, 3.63) is 82.3 Å². The monoisotopic (exact) mass is 505 g/mol. The van der Waals surface area contributed by atoms with Crippen LogP contribution in [0.3, 0.4) is 0 Å². The van der Waals surface area contributed by atoms with Crippen LogP contribution in [0, 0.1) is 6.92 Å². The smallest absolute Gasteiger partial charge is 0.260 e. The van der Waals surface area contributed by atoms with Gasteiger partial charge >= 0.3 is 0 Å². The summed E-state index contributed by atoms with van der Waals surface area (Å²) in [4.78, 5) is 13.4. The second-order valence-electron chi connectivity index (χ2n) is 7.48. The first-order chi connectivity index (χ1) is 16.0. The first kappa shape index (κ1) is 22.7. The number of carbonyl (C=O) groups is 1. The molecule has 1 amide bonds. The van der Waals surface area contributed by atoms with E-state index in [1.165, 1.54) is 0 Å². The summed E-state index contributed by atoms with van der Waals surface area (Å²) < 4.78 is 17.6. The number of hydrogen-bond donors (Lipinski definition) is 1. The summed E-state index contributed by atoms with van der Waals surface area (Å²) in [6.45, 7) is 1.91. The molecule has 5 nitrogen and oxygen atoms in total. The largest absolute Gasteiger partial charge is 0.496 e. The Morgan fingerprint density at radius 2 is 1.55 bits per heavy atom. The lowest BCUT2D eigenvalue weighted by Gasteiger charge is -2.19. The number of halogens is 1.